The first kappa shape index (κ1) is 70.1. The highest BCUT2D eigenvalue weighted by Crippen LogP contribution is 2.41. The Kier molecular flexibility index (Phi) is 23.7. The number of carboxylic acids is 1. The van der Waals surface area contributed by atoms with Crippen LogP contribution in [0.15, 0.2) is 134 Å². The van der Waals surface area contributed by atoms with Crippen LogP contribution in [0.5, 0.6) is 0 Å². The van der Waals surface area contributed by atoms with Gasteiger partial charge in [0.25, 0.3) is 0 Å². The summed E-state index contributed by atoms with van der Waals surface area (Å²) in [5.74, 6) is -6.16. The molecule has 1 saturated heterocycles. The van der Waals surface area contributed by atoms with Crippen molar-refractivity contribution in [2.24, 2.45) is 11.8 Å². The van der Waals surface area contributed by atoms with E-state index in [0.29, 0.717) is 41.4 Å². The highest BCUT2D eigenvalue weighted by Gasteiger charge is 2.42. The smallest absolute Gasteiger partial charge is 0.419 e. The van der Waals surface area contributed by atoms with Gasteiger partial charge in [-0.05, 0) is 120 Å². The number of likely N-dealkylation sites (tertiary alicyclic amines) is 1. The number of nitrogens with one attached hydrogen (secondary N) is 6. The van der Waals surface area contributed by atoms with Gasteiger partial charge in [0.2, 0.25) is 35.4 Å². The number of para-hydroxylation sites is 1. The van der Waals surface area contributed by atoms with Crippen LogP contribution in [0.1, 0.15) is 143 Å². The molecule has 1 fully saturated rings. The molecule has 0 unspecified atom stereocenters. The zero-order chi connectivity index (χ0) is 67.1. The quantitative estimate of drug-likeness (QED) is 0.0189. The van der Waals surface area contributed by atoms with Crippen molar-refractivity contribution in [1.82, 2.24) is 50.9 Å². The largest absolute Gasteiger partial charge is 0.480 e. The maximum Gasteiger partial charge on any atom is 0.419 e. The number of carboxylic acid groups (broad SMARTS) is 1. The molecule has 0 bridgehead atoms. The SMILES string of the molecule is CC(=O)N[C@@H](CCCCNC(=O)OC(C)(C)C)C(=O)N1CCC[C@H]1C(=O)N[C@@H](CC(C)C)C(=O)N[C@@H](Cc1cn(C(=O)OC(C)(C)C)c2ccccc12)C(=O)N[C@@H](Cc1cn(C(c2ccccc2)(c2ccccc2)c2ccccc2)cn1)C(=O)N[C@H](C(=O)O)C(C)C. The number of aliphatic carboxylic acids is 1. The molecular weight excluding hydrogens is 1170 g/mol. The maximum absolute atomic E-state index is 15.5. The molecule has 22 nitrogen and oxygen atoms in total. The Labute approximate surface area is 538 Å². The number of benzene rings is 4. The number of carbonyl (C=O) groups is 9. The molecule has 0 radical (unpaired) electrons. The number of hydrogen-bond donors (Lipinski definition) is 7. The van der Waals surface area contributed by atoms with E-state index in [9.17, 15) is 38.7 Å². The van der Waals surface area contributed by atoms with Crippen LogP contribution < -0.4 is 31.9 Å². The van der Waals surface area contributed by atoms with E-state index < -0.39 is 113 Å². The molecular formula is C70H90N10O12. The minimum absolute atomic E-state index is 0.0757. The van der Waals surface area contributed by atoms with E-state index in [0.717, 1.165) is 16.7 Å². The van der Waals surface area contributed by atoms with Gasteiger partial charge in [0.15, 0.2) is 0 Å². The van der Waals surface area contributed by atoms with E-state index in [1.807, 2.05) is 109 Å². The fourth-order valence-electron chi connectivity index (χ4n) is 11.6. The van der Waals surface area contributed by atoms with Gasteiger partial charge in [-0.2, -0.15) is 0 Å². The van der Waals surface area contributed by atoms with Crippen LogP contribution in [0.3, 0.4) is 0 Å². The third kappa shape index (κ3) is 18.4. The second-order valence-electron chi connectivity index (χ2n) is 26.3. The first-order valence-corrected chi connectivity index (χ1v) is 31.6. The van der Waals surface area contributed by atoms with E-state index in [4.69, 9.17) is 14.5 Å². The molecule has 0 aliphatic carbocycles. The Morgan fingerprint density at radius 2 is 1.17 bits per heavy atom. The monoisotopic (exact) mass is 1260 g/mol. The van der Waals surface area contributed by atoms with Crippen LogP contribution in [0.25, 0.3) is 10.9 Å². The highest BCUT2D eigenvalue weighted by molar-refractivity contribution is 5.98. The summed E-state index contributed by atoms with van der Waals surface area (Å²) in [4.78, 5) is 132. The maximum atomic E-state index is 15.5. The van der Waals surface area contributed by atoms with Gasteiger partial charge in [-0.15, -0.1) is 0 Å². The summed E-state index contributed by atoms with van der Waals surface area (Å²) >= 11 is 0. The molecule has 6 aromatic rings. The Morgan fingerprint density at radius 3 is 1.72 bits per heavy atom. The first-order valence-electron chi connectivity index (χ1n) is 31.6. The summed E-state index contributed by atoms with van der Waals surface area (Å²) in [7, 11) is 0. The molecule has 1 aliphatic rings. The number of carbonyl (C=O) groups excluding carboxylic acids is 8. The number of imidazole rings is 1. The molecule has 7 amide bonds. The lowest BCUT2D eigenvalue weighted by Gasteiger charge is -2.37. The highest BCUT2D eigenvalue weighted by atomic mass is 16.6. The minimum Gasteiger partial charge on any atom is -0.480 e. The van der Waals surface area contributed by atoms with Crippen LogP contribution in [-0.2, 0) is 61.4 Å². The zero-order valence-corrected chi connectivity index (χ0v) is 54.6. The molecule has 92 heavy (non-hydrogen) atoms. The molecule has 3 heterocycles. The van der Waals surface area contributed by atoms with Crippen LogP contribution in [0, 0.1) is 11.8 Å². The Bertz CT molecular complexity index is 3440. The van der Waals surface area contributed by atoms with Crippen molar-refractivity contribution in [3.05, 3.63) is 162 Å². The second-order valence-corrected chi connectivity index (χ2v) is 26.3. The minimum atomic E-state index is -1.54. The molecule has 6 atom stereocenters. The van der Waals surface area contributed by atoms with Gasteiger partial charge in [0, 0.05) is 50.6 Å². The topological polar surface area (TPSA) is 290 Å². The Balaban J connectivity index is 1.23. The lowest BCUT2D eigenvalue weighted by molar-refractivity contribution is -0.143. The van der Waals surface area contributed by atoms with Gasteiger partial charge in [-0.3, -0.25) is 33.3 Å². The van der Waals surface area contributed by atoms with Crippen molar-refractivity contribution in [3.8, 4) is 0 Å². The fourth-order valence-corrected chi connectivity index (χ4v) is 11.6. The molecule has 492 valence electrons. The summed E-state index contributed by atoms with van der Waals surface area (Å²) in [5, 5.41) is 27.6. The summed E-state index contributed by atoms with van der Waals surface area (Å²) in [6.45, 7) is 19.2. The molecule has 4 aromatic carbocycles. The number of fused-ring (bicyclic) bond motifs is 1. The van der Waals surface area contributed by atoms with Crippen molar-refractivity contribution in [2.45, 2.75) is 181 Å². The number of unbranched alkanes of at least 4 members (excludes halogenated alkanes) is 1. The van der Waals surface area contributed by atoms with Gasteiger partial charge in [-0.1, -0.05) is 137 Å². The second kappa shape index (κ2) is 31.1. The van der Waals surface area contributed by atoms with Gasteiger partial charge < -0.3 is 55.9 Å². The number of aromatic nitrogens is 3. The summed E-state index contributed by atoms with van der Waals surface area (Å²) in [5.41, 5.74) is 1.30. The van der Waals surface area contributed by atoms with Gasteiger partial charge in [0.05, 0.1) is 17.5 Å². The number of rotatable bonds is 27. The van der Waals surface area contributed by atoms with Crippen LogP contribution in [-0.4, -0.2) is 138 Å². The first-order chi connectivity index (χ1) is 43.6. The lowest BCUT2D eigenvalue weighted by Crippen LogP contribution is -2.60. The van der Waals surface area contributed by atoms with E-state index in [2.05, 4.69) is 31.9 Å². The number of nitrogens with zero attached hydrogens (tertiary/aromatic N) is 4. The molecule has 22 heteroatoms. The average molecular weight is 1260 g/mol. The lowest BCUT2D eigenvalue weighted by atomic mass is 9.77. The molecule has 0 spiro atoms. The van der Waals surface area contributed by atoms with Gasteiger partial charge >= 0.3 is 18.2 Å². The van der Waals surface area contributed by atoms with Gasteiger partial charge in [0.1, 0.15) is 53.0 Å². The number of alkyl carbamates (subject to hydrolysis) is 1. The molecule has 1 aliphatic heterocycles. The van der Waals surface area contributed by atoms with E-state index in [-0.39, 0.29) is 51.1 Å². The Morgan fingerprint density at radius 1 is 0.630 bits per heavy atom. The summed E-state index contributed by atoms with van der Waals surface area (Å²) in [6.07, 6.45) is 5.01. The standard InChI is InChI=1S/C70H90N10O12/c1-44(2)38-54(76-63(85)58-35-25-37-79(58)64(86)53(73-46(5)81)33-23-24-36-71-66(89)91-68(6,7)8)60(82)74-55(39-47-41-80(67(90)92-69(9,10)11)57-34-22-21-32-52(47)57)61(83)75-56(62(84)77-59(45(3)4)65(87)88)40-51-42-78(43-72-51)70(48-26-15-12-16-27-48,49-28-17-13-18-29-49)50-30-19-14-20-31-50/h12-22,26-32,34,41-45,53-56,58-59H,23-25,33,35-40H2,1-11H3,(H,71,89)(H,73,81)(H,74,82)(H,75,83)(H,76,85)(H,77,84)(H,87,88)/t53-,54-,55-,56-,58-,59-/m0/s1. The average Bonchev–Trinajstić information content (AvgIpc) is 1.21. The summed E-state index contributed by atoms with van der Waals surface area (Å²) in [6, 6.07) is 28.8. The van der Waals surface area contributed by atoms with Crippen LogP contribution in [0.2, 0.25) is 0 Å². The van der Waals surface area contributed by atoms with E-state index in [1.54, 1.807) is 92.2 Å². The van der Waals surface area contributed by atoms with Crippen molar-refractivity contribution < 1.29 is 57.7 Å². The normalized spacial score (nSPS) is 15.1. The molecule has 0 saturated carbocycles. The molecule has 7 N–H and O–H groups in total. The van der Waals surface area contributed by atoms with Crippen molar-refractivity contribution in [3.63, 3.8) is 0 Å². The summed E-state index contributed by atoms with van der Waals surface area (Å²) < 4.78 is 14.4. The zero-order valence-electron chi connectivity index (χ0n) is 54.6. The van der Waals surface area contributed by atoms with Crippen molar-refractivity contribution in [1.29, 1.82) is 0 Å². The van der Waals surface area contributed by atoms with Crippen molar-refractivity contribution >= 4 is 64.5 Å². The van der Waals surface area contributed by atoms with Crippen molar-refractivity contribution in [2.75, 3.05) is 13.1 Å². The fraction of sp³-hybridized carbons (Fsp3) is 0.457. The molecule has 2 aromatic heterocycles. The number of amides is 7. The van der Waals surface area contributed by atoms with Crippen LogP contribution >= 0.6 is 0 Å². The van der Waals surface area contributed by atoms with E-state index in [1.165, 1.54) is 22.6 Å². The predicted molar refractivity (Wildman–Crippen MR) is 348 cm³/mol. The predicted octanol–water partition coefficient (Wildman–Crippen LogP) is 8.16. The third-order valence-electron chi connectivity index (χ3n) is 15.8. The Hall–Kier alpha value is -9.34. The third-order valence-corrected chi connectivity index (χ3v) is 15.8. The number of ether oxygens (including phenoxy) is 2. The van der Waals surface area contributed by atoms with Gasteiger partial charge in [-0.25, -0.2) is 19.4 Å². The van der Waals surface area contributed by atoms with E-state index >= 15 is 9.59 Å². The molecule has 7 rings (SSSR count). The van der Waals surface area contributed by atoms with Crippen LogP contribution in [0.4, 0.5) is 9.59 Å². The number of hydrogen-bond acceptors (Lipinski definition) is 12.